The smallest absolute Gasteiger partial charge is 0.338 e. The van der Waals surface area contributed by atoms with Crippen LogP contribution in [0.15, 0.2) is 46.0 Å². The number of halogens is 2. The van der Waals surface area contributed by atoms with Gasteiger partial charge in [0.25, 0.3) is 0 Å². The summed E-state index contributed by atoms with van der Waals surface area (Å²) in [6.45, 7) is 3.93. The Labute approximate surface area is 243 Å². The number of aliphatic imine (C=N–C) groups is 1. The average Bonchev–Trinajstić information content (AvgIpc) is 3.46. The molecule has 1 N–H and O–H groups in total. The second-order valence-corrected chi connectivity index (χ2v) is 13.7. The number of amidine groups is 1. The van der Waals surface area contributed by atoms with Crippen molar-refractivity contribution in [2.75, 3.05) is 26.2 Å². The molecule has 2 saturated heterocycles. The van der Waals surface area contributed by atoms with E-state index in [1.807, 2.05) is 28.5 Å². The summed E-state index contributed by atoms with van der Waals surface area (Å²) < 4.78 is 35.4. The Morgan fingerprint density at radius 2 is 2.05 bits per heavy atom. The van der Waals surface area contributed by atoms with E-state index >= 15 is 0 Å². The lowest BCUT2D eigenvalue weighted by Gasteiger charge is -2.38. The summed E-state index contributed by atoms with van der Waals surface area (Å²) in [5.41, 5.74) is 1.62. The molecule has 3 aliphatic heterocycles. The van der Waals surface area contributed by atoms with Crippen LogP contribution in [-0.4, -0.2) is 78.4 Å². The van der Waals surface area contributed by atoms with Gasteiger partial charge < -0.3 is 14.5 Å². The molecule has 1 aromatic heterocycles. The Balaban J connectivity index is 1.54. The van der Waals surface area contributed by atoms with Crippen molar-refractivity contribution in [1.29, 1.82) is 0 Å². The number of amides is 1. The summed E-state index contributed by atoms with van der Waals surface area (Å²) in [5.74, 6) is -0.118. The van der Waals surface area contributed by atoms with E-state index in [-0.39, 0.29) is 38.6 Å². The van der Waals surface area contributed by atoms with Crippen LogP contribution in [0.3, 0.4) is 0 Å². The van der Waals surface area contributed by atoms with Crippen molar-refractivity contribution in [1.82, 2.24) is 19.5 Å². The van der Waals surface area contributed by atoms with Gasteiger partial charge in [-0.3, -0.25) is 9.79 Å². The van der Waals surface area contributed by atoms with Gasteiger partial charge in [0.1, 0.15) is 11.3 Å². The van der Waals surface area contributed by atoms with Gasteiger partial charge in [0.15, 0.2) is 10.8 Å². The third kappa shape index (κ3) is 5.22. The number of esters is 1. The minimum Gasteiger partial charge on any atom is -0.463 e. The second kappa shape index (κ2) is 10.8. The fourth-order valence-corrected chi connectivity index (χ4v) is 7.98. The van der Waals surface area contributed by atoms with Crippen LogP contribution in [-0.2, 0) is 24.3 Å². The van der Waals surface area contributed by atoms with E-state index in [0.29, 0.717) is 32.7 Å². The molecular weight excluding hydrogens is 665 g/mol. The molecule has 2 fully saturated rings. The molecule has 38 heavy (non-hydrogen) atoms. The van der Waals surface area contributed by atoms with Gasteiger partial charge >= 0.3 is 5.97 Å². The maximum atomic E-state index is 13.3. The molecule has 2 aromatic rings. The SMILES string of the molecule is CCOC(=O)C1=C2C[C@H](NS(=O)(=O)C3CN(C(C)=O)C3)CN2C(c2nccs2)=N[C@H]1c1ccc(I)cc1Cl. The Morgan fingerprint density at radius 1 is 1.29 bits per heavy atom. The van der Waals surface area contributed by atoms with E-state index in [1.165, 1.54) is 23.2 Å². The van der Waals surface area contributed by atoms with Gasteiger partial charge in [0.05, 0.1) is 12.2 Å². The number of nitrogens with zero attached hydrogens (tertiary/aromatic N) is 4. The molecule has 1 amide bonds. The van der Waals surface area contributed by atoms with E-state index in [0.717, 1.165) is 3.57 Å². The molecule has 3 aliphatic rings. The first kappa shape index (κ1) is 27.5. The normalized spacial score (nSPS) is 21.7. The number of ether oxygens (including phenoxy) is 1. The predicted molar refractivity (Wildman–Crippen MR) is 152 cm³/mol. The van der Waals surface area contributed by atoms with Crippen molar-refractivity contribution in [3.05, 3.63) is 60.2 Å². The monoisotopic (exact) mass is 689 g/mol. The third-order valence-corrected chi connectivity index (χ3v) is 10.3. The van der Waals surface area contributed by atoms with Crippen molar-refractivity contribution in [3.8, 4) is 0 Å². The first-order chi connectivity index (χ1) is 18.1. The van der Waals surface area contributed by atoms with E-state index in [1.54, 1.807) is 13.1 Å². The summed E-state index contributed by atoms with van der Waals surface area (Å²) in [5, 5.41) is 2.28. The number of hydrogen-bond donors (Lipinski definition) is 1. The number of carbonyl (C=O) groups excluding carboxylic acids is 2. The van der Waals surface area contributed by atoms with Gasteiger partial charge in [0, 0.05) is 70.5 Å². The van der Waals surface area contributed by atoms with Crippen LogP contribution < -0.4 is 4.72 Å². The molecule has 0 spiro atoms. The fraction of sp³-hybridized carbons (Fsp3) is 0.417. The molecule has 0 unspecified atom stereocenters. The van der Waals surface area contributed by atoms with E-state index in [2.05, 4.69) is 32.3 Å². The zero-order valence-corrected chi connectivity index (χ0v) is 25.1. The van der Waals surface area contributed by atoms with Crippen LogP contribution in [0, 0.1) is 3.57 Å². The Hall–Kier alpha value is -2.07. The van der Waals surface area contributed by atoms with Crippen molar-refractivity contribution in [2.24, 2.45) is 4.99 Å². The van der Waals surface area contributed by atoms with Crippen molar-refractivity contribution < 1.29 is 22.7 Å². The van der Waals surface area contributed by atoms with Crippen LogP contribution in [0.25, 0.3) is 0 Å². The van der Waals surface area contributed by atoms with Crippen molar-refractivity contribution in [3.63, 3.8) is 0 Å². The number of aromatic nitrogens is 1. The molecule has 0 saturated carbocycles. The Morgan fingerprint density at radius 3 is 2.68 bits per heavy atom. The van der Waals surface area contributed by atoms with Crippen molar-refractivity contribution >= 4 is 73.3 Å². The Kier molecular flexibility index (Phi) is 7.84. The fourth-order valence-electron chi connectivity index (χ4n) is 4.81. The van der Waals surface area contributed by atoms with E-state index in [9.17, 15) is 18.0 Å². The molecule has 202 valence electrons. The quantitative estimate of drug-likeness (QED) is 0.351. The minimum atomic E-state index is -3.70. The highest BCUT2D eigenvalue weighted by atomic mass is 127. The molecule has 0 radical (unpaired) electrons. The topological polar surface area (TPSA) is 121 Å². The molecule has 10 nitrogen and oxygen atoms in total. The Bertz CT molecular complexity index is 1440. The van der Waals surface area contributed by atoms with Crippen LogP contribution in [0.2, 0.25) is 5.02 Å². The highest BCUT2D eigenvalue weighted by Gasteiger charge is 2.45. The van der Waals surface area contributed by atoms with Gasteiger partial charge in [-0.2, -0.15) is 0 Å². The maximum Gasteiger partial charge on any atom is 0.338 e. The molecule has 0 aliphatic carbocycles. The molecule has 1 aromatic carbocycles. The molecule has 5 rings (SSSR count). The van der Waals surface area contributed by atoms with Crippen molar-refractivity contribution in [2.45, 2.75) is 37.6 Å². The number of rotatable bonds is 7. The number of nitrogens with one attached hydrogen (secondary N) is 1. The summed E-state index contributed by atoms with van der Waals surface area (Å²) in [4.78, 5) is 37.6. The van der Waals surface area contributed by atoms with Crippen LogP contribution >= 0.6 is 45.5 Å². The van der Waals surface area contributed by atoms with Gasteiger partial charge in [-0.05, 0) is 41.6 Å². The molecule has 2 atom stereocenters. The van der Waals surface area contributed by atoms with Gasteiger partial charge in [-0.25, -0.2) is 22.9 Å². The average molecular weight is 690 g/mol. The maximum absolute atomic E-state index is 13.3. The number of likely N-dealkylation sites (tertiary alicyclic amines) is 1. The number of fused-ring (bicyclic) bond motifs is 1. The summed E-state index contributed by atoms with van der Waals surface area (Å²) >= 11 is 10.2. The van der Waals surface area contributed by atoms with Gasteiger partial charge in [0.2, 0.25) is 15.9 Å². The van der Waals surface area contributed by atoms with Gasteiger partial charge in [-0.1, -0.05) is 17.7 Å². The third-order valence-electron chi connectivity index (χ3n) is 6.70. The first-order valence-electron chi connectivity index (χ1n) is 12.0. The minimum absolute atomic E-state index is 0.150. The zero-order chi connectivity index (χ0) is 27.2. The summed E-state index contributed by atoms with van der Waals surface area (Å²) in [6, 6.07) is 4.30. The highest BCUT2D eigenvalue weighted by Crippen LogP contribution is 2.43. The second-order valence-electron chi connectivity index (χ2n) is 9.16. The number of sulfonamides is 1. The van der Waals surface area contributed by atoms with E-state index in [4.69, 9.17) is 21.3 Å². The zero-order valence-electron chi connectivity index (χ0n) is 20.6. The number of thiazole rings is 1. The van der Waals surface area contributed by atoms with Gasteiger partial charge in [-0.15, -0.1) is 11.3 Å². The molecule has 14 heteroatoms. The number of benzene rings is 1. The van der Waals surface area contributed by atoms with Crippen LogP contribution in [0.4, 0.5) is 0 Å². The number of hydrogen-bond acceptors (Lipinski definition) is 9. The largest absolute Gasteiger partial charge is 0.463 e. The first-order valence-corrected chi connectivity index (χ1v) is 15.8. The molecule has 0 bridgehead atoms. The lowest BCUT2D eigenvalue weighted by molar-refractivity contribution is -0.139. The highest BCUT2D eigenvalue weighted by molar-refractivity contribution is 14.1. The number of carbonyl (C=O) groups is 2. The predicted octanol–water partition coefficient (Wildman–Crippen LogP) is 2.94. The lowest BCUT2D eigenvalue weighted by atomic mass is 9.94. The standard InChI is InChI=1S/C24H25ClIN5O5S2/c1-3-36-24(33)20-19-9-15(29-38(34,35)16-11-30(12-16)13(2)32)10-31(19)22(23-27-6-7-37-23)28-21(20)17-5-4-14(26)8-18(17)25/h4-8,15-16,21,29H,3,9-12H2,1-2H3/t15-,21-/m0/s1. The van der Waals surface area contributed by atoms with Crippen LogP contribution in [0.5, 0.6) is 0 Å². The molecule has 4 heterocycles. The molecular formula is C24H25ClIN5O5S2. The summed E-state index contributed by atoms with van der Waals surface area (Å²) in [7, 11) is -3.70. The lowest BCUT2D eigenvalue weighted by Crippen LogP contribution is -2.60. The van der Waals surface area contributed by atoms with E-state index < -0.39 is 33.3 Å². The summed E-state index contributed by atoms with van der Waals surface area (Å²) in [6.07, 6.45) is 1.94. The van der Waals surface area contributed by atoms with Crippen LogP contribution in [0.1, 0.15) is 36.9 Å².